The molecule has 0 bridgehead atoms. The van der Waals surface area contributed by atoms with Gasteiger partial charge in [-0.15, -0.1) is 0 Å². The topological polar surface area (TPSA) is 144 Å². The summed E-state index contributed by atoms with van der Waals surface area (Å²) in [5, 5.41) is 10.2. The number of thioether (sulfide) groups is 1. The molecule has 3 atom stereocenters. The fraction of sp³-hybridized carbons (Fsp3) is 0.524. The number of carboxylic acid groups (broad SMARTS) is 1. The van der Waals surface area contributed by atoms with Gasteiger partial charge < -0.3 is 21.4 Å². The van der Waals surface area contributed by atoms with E-state index < -0.39 is 41.7 Å². The van der Waals surface area contributed by atoms with Crippen molar-refractivity contribution in [3.8, 4) is 0 Å². The second-order valence-corrected chi connectivity index (χ2v) is 8.52. The molecule has 0 fully saturated rings. The lowest BCUT2D eigenvalue weighted by Crippen LogP contribution is -2.68. The SMILES string of the molecule is CSCCC(N)C(=O)C(CC=O)(C(=O)O)N(C(=O)C(N)CC(C)C)c1ccccc1. The summed E-state index contributed by atoms with van der Waals surface area (Å²) in [6, 6.07) is 5.70. The average molecular weight is 438 g/mol. The zero-order valence-electron chi connectivity index (χ0n) is 17.6. The van der Waals surface area contributed by atoms with Crippen molar-refractivity contribution in [2.24, 2.45) is 17.4 Å². The first kappa shape index (κ1) is 25.8. The van der Waals surface area contributed by atoms with Gasteiger partial charge >= 0.3 is 5.97 Å². The molecule has 0 heterocycles. The third-order valence-corrected chi connectivity index (χ3v) is 5.41. The van der Waals surface area contributed by atoms with Gasteiger partial charge in [-0.05, 0) is 42.9 Å². The first-order valence-electron chi connectivity index (χ1n) is 9.74. The Balaban J connectivity index is 3.67. The third-order valence-electron chi connectivity index (χ3n) is 4.77. The first-order chi connectivity index (χ1) is 14.1. The van der Waals surface area contributed by atoms with Gasteiger partial charge in [0.25, 0.3) is 0 Å². The van der Waals surface area contributed by atoms with Crippen molar-refractivity contribution in [2.75, 3.05) is 16.9 Å². The highest BCUT2D eigenvalue weighted by Crippen LogP contribution is 2.31. The number of hydrogen-bond donors (Lipinski definition) is 3. The summed E-state index contributed by atoms with van der Waals surface area (Å²) in [5.41, 5.74) is 9.79. The van der Waals surface area contributed by atoms with Crippen LogP contribution in [-0.4, -0.2) is 58.7 Å². The Hall–Kier alpha value is -2.23. The number of amides is 1. The van der Waals surface area contributed by atoms with Crippen LogP contribution in [0.3, 0.4) is 0 Å². The number of para-hydroxylation sites is 1. The predicted octanol–water partition coefficient (Wildman–Crippen LogP) is 1.45. The molecular weight excluding hydrogens is 406 g/mol. The van der Waals surface area contributed by atoms with Crippen molar-refractivity contribution in [1.29, 1.82) is 0 Å². The Morgan fingerprint density at radius 2 is 1.77 bits per heavy atom. The number of nitrogens with zero attached hydrogens (tertiary/aromatic N) is 1. The maximum Gasteiger partial charge on any atom is 0.338 e. The molecule has 0 aliphatic heterocycles. The van der Waals surface area contributed by atoms with Crippen LogP contribution < -0.4 is 16.4 Å². The summed E-state index contributed by atoms with van der Waals surface area (Å²) in [6.07, 6.45) is 1.92. The quantitative estimate of drug-likeness (QED) is 0.311. The van der Waals surface area contributed by atoms with E-state index in [4.69, 9.17) is 11.5 Å². The average Bonchev–Trinajstić information content (AvgIpc) is 2.70. The standard InChI is InChI=1S/C21H31N3O5S/c1-14(2)13-17(23)19(27)24(15-7-5-4-6-8-15)21(10-11-25,20(28)29)18(26)16(22)9-12-30-3/h4-8,11,14,16-17H,9-10,12-13,22-23H2,1-3H3,(H,28,29). The molecule has 1 rings (SSSR count). The minimum absolute atomic E-state index is 0.0615. The number of aliphatic carboxylic acids is 1. The van der Waals surface area contributed by atoms with Gasteiger partial charge in [-0.2, -0.15) is 11.8 Å². The highest BCUT2D eigenvalue weighted by Gasteiger charge is 2.55. The number of benzene rings is 1. The summed E-state index contributed by atoms with van der Waals surface area (Å²) in [6.45, 7) is 3.75. The molecule has 3 unspecified atom stereocenters. The Kier molecular flexibility index (Phi) is 10.2. The third kappa shape index (κ3) is 5.90. The molecule has 1 amide bonds. The zero-order chi connectivity index (χ0) is 22.9. The van der Waals surface area contributed by atoms with Crippen LogP contribution in [0.15, 0.2) is 30.3 Å². The molecule has 30 heavy (non-hydrogen) atoms. The van der Waals surface area contributed by atoms with Gasteiger partial charge in [-0.1, -0.05) is 32.0 Å². The van der Waals surface area contributed by atoms with Gasteiger partial charge in [0.15, 0.2) is 5.78 Å². The normalized spacial score (nSPS) is 15.1. The number of hydrogen-bond acceptors (Lipinski definition) is 7. The lowest BCUT2D eigenvalue weighted by atomic mass is 9.82. The van der Waals surface area contributed by atoms with Crippen LogP contribution in [0.5, 0.6) is 0 Å². The van der Waals surface area contributed by atoms with Crippen LogP contribution in [0.25, 0.3) is 0 Å². The van der Waals surface area contributed by atoms with Crippen molar-refractivity contribution >= 4 is 41.4 Å². The molecule has 1 aromatic carbocycles. The van der Waals surface area contributed by atoms with Crippen LogP contribution >= 0.6 is 11.8 Å². The molecule has 1 aromatic rings. The second kappa shape index (κ2) is 11.8. The van der Waals surface area contributed by atoms with Gasteiger partial charge in [0, 0.05) is 12.1 Å². The van der Waals surface area contributed by atoms with Crippen LogP contribution in [0.4, 0.5) is 5.69 Å². The van der Waals surface area contributed by atoms with Crippen LogP contribution in [0.2, 0.25) is 0 Å². The summed E-state index contributed by atoms with van der Waals surface area (Å²) in [4.78, 5) is 51.6. The molecule has 8 nitrogen and oxygen atoms in total. The van der Waals surface area contributed by atoms with E-state index in [9.17, 15) is 24.3 Å². The number of carboxylic acids is 1. The van der Waals surface area contributed by atoms with E-state index in [2.05, 4.69) is 0 Å². The molecule has 0 saturated heterocycles. The van der Waals surface area contributed by atoms with E-state index >= 15 is 0 Å². The molecule has 0 aliphatic rings. The van der Waals surface area contributed by atoms with Gasteiger partial charge in [0.1, 0.15) is 6.29 Å². The second-order valence-electron chi connectivity index (χ2n) is 7.53. The number of Topliss-reactive ketones (excluding diaryl/α,β-unsaturated/α-hetero) is 1. The Labute approximate surface area is 181 Å². The van der Waals surface area contributed by atoms with Gasteiger partial charge in [0.05, 0.1) is 12.1 Å². The summed E-state index contributed by atoms with van der Waals surface area (Å²) in [5.74, 6) is -2.68. The van der Waals surface area contributed by atoms with E-state index in [0.717, 1.165) is 4.90 Å². The molecule has 5 N–H and O–H groups in total. The molecule has 0 aliphatic carbocycles. The summed E-state index contributed by atoms with van der Waals surface area (Å²) >= 11 is 1.45. The maximum atomic E-state index is 13.4. The van der Waals surface area contributed by atoms with E-state index in [1.807, 2.05) is 20.1 Å². The molecular formula is C21H31N3O5S. The molecule has 0 radical (unpaired) electrons. The number of aldehydes is 1. The number of nitrogens with two attached hydrogens (primary N) is 2. The van der Waals surface area contributed by atoms with Crippen LogP contribution in [0, 0.1) is 5.92 Å². The minimum atomic E-state index is -2.48. The van der Waals surface area contributed by atoms with Crippen LogP contribution in [0.1, 0.15) is 33.1 Å². The van der Waals surface area contributed by atoms with E-state index in [1.165, 1.54) is 23.9 Å². The van der Waals surface area contributed by atoms with Crippen molar-refractivity contribution in [2.45, 2.75) is 50.7 Å². The molecule has 166 valence electrons. The zero-order valence-corrected chi connectivity index (χ0v) is 18.4. The lowest BCUT2D eigenvalue weighted by molar-refractivity contribution is -0.152. The highest BCUT2D eigenvalue weighted by atomic mass is 32.2. The Morgan fingerprint density at radius 1 is 1.17 bits per heavy atom. The molecule has 9 heteroatoms. The number of carbonyl (C=O) groups excluding carboxylic acids is 3. The fourth-order valence-corrected chi connectivity index (χ4v) is 3.77. The number of anilines is 1. The summed E-state index contributed by atoms with van der Waals surface area (Å²) < 4.78 is 0. The largest absolute Gasteiger partial charge is 0.479 e. The highest BCUT2D eigenvalue weighted by molar-refractivity contribution is 7.98. The Bertz CT molecular complexity index is 743. The molecule has 0 aromatic heterocycles. The van der Waals surface area contributed by atoms with Gasteiger partial charge in [-0.25, -0.2) is 4.79 Å². The van der Waals surface area contributed by atoms with Crippen molar-refractivity contribution in [3.05, 3.63) is 30.3 Å². The minimum Gasteiger partial charge on any atom is -0.479 e. The summed E-state index contributed by atoms with van der Waals surface area (Å²) in [7, 11) is 0. The molecule has 0 spiro atoms. The Morgan fingerprint density at radius 3 is 2.23 bits per heavy atom. The van der Waals surface area contributed by atoms with Gasteiger partial charge in [-0.3, -0.25) is 14.5 Å². The van der Waals surface area contributed by atoms with E-state index in [0.29, 0.717) is 12.0 Å². The first-order valence-corrected chi connectivity index (χ1v) is 11.1. The smallest absolute Gasteiger partial charge is 0.338 e. The number of carbonyl (C=O) groups is 4. The van der Waals surface area contributed by atoms with Crippen molar-refractivity contribution in [3.63, 3.8) is 0 Å². The van der Waals surface area contributed by atoms with E-state index in [1.54, 1.807) is 18.2 Å². The maximum absolute atomic E-state index is 13.4. The monoisotopic (exact) mass is 437 g/mol. The predicted molar refractivity (Wildman–Crippen MR) is 118 cm³/mol. The van der Waals surface area contributed by atoms with E-state index in [-0.39, 0.29) is 24.4 Å². The van der Waals surface area contributed by atoms with Crippen molar-refractivity contribution in [1.82, 2.24) is 0 Å². The molecule has 0 saturated carbocycles. The van der Waals surface area contributed by atoms with Crippen molar-refractivity contribution < 1.29 is 24.3 Å². The van der Waals surface area contributed by atoms with Crippen LogP contribution in [-0.2, 0) is 19.2 Å². The lowest BCUT2D eigenvalue weighted by Gasteiger charge is -2.41. The fourth-order valence-electron chi connectivity index (χ4n) is 3.28. The number of rotatable bonds is 13. The van der Waals surface area contributed by atoms with Gasteiger partial charge in [0.2, 0.25) is 11.4 Å². The number of ketones is 1.